The molecule has 1 atom stereocenters. The molecule has 0 saturated carbocycles. The molecular formula is C17H12FN3OS2. The van der Waals surface area contributed by atoms with Crippen molar-refractivity contribution in [3.63, 3.8) is 0 Å². The number of rotatable bonds is 4. The molecule has 24 heavy (non-hydrogen) atoms. The molecule has 0 amide bonds. The van der Waals surface area contributed by atoms with Gasteiger partial charge >= 0.3 is 0 Å². The van der Waals surface area contributed by atoms with Gasteiger partial charge in [-0.05, 0) is 43.3 Å². The summed E-state index contributed by atoms with van der Waals surface area (Å²) in [6.45, 7) is 2.00. The third kappa shape index (κ3) is 3.05. The van der Waals surface area contributed by atoms with Gasteiger partial charge in [-0.3, -0.25) is 0 Å². The summed E-state index contributed by atoms with van der Waals surface area (Å²) in [7, 11) is 0. The van der Waals surface area contributed by atoms with E-state index in [1.807, 2.05) is 25.1 Å². The standard InChI is InChI=1S/C17H12FN3OS2/c1-10(23-17-19-13-4-2-3-5-14(13)24-17)15-20-21-16(22-15)11-6-8-12(18)9-7-11/h2-10H,1H3/t10-/m0/s1. The Morgan fingerprint density at radius 2 is 1.88 bits per heavy atom. The third-order valence-electron chi connectivity index (χ3n) is 3.43. The van der Waals surface area contributed by atoms with Gasteiger partial charge in [0.2, 0.25) is 11.8 Å². The van der Waals surface area contributed by atoms with Gasteiger partial charge in [0.1, 0.15) is 5.82 Å². The maximum Gasteiger partial charge on any atom is 0.247 e. The molecule has 0 radical (unpaired) electrons. The van der Waals surface area contributed by atoms with E-state index in [1.54, 1.807) is 35.2 Å². The summed E-state index contributed by atoms with van der Waals surface area (Å²) in [5.41, 5.74) is 1.70. The van der Waals surface area contributed by atoms with Crippen LogP contribution in [0.5, 0.6) is 0 Å². The van der Waals surface area contributed by atoms with Crippen LogP contribution in [0.4, 0.5) is 4.39 Å². The number of benzene rings is 2. The van der Waals surface area contributed by atoms with Gasteiger partial charge in [-0.1, -0.05) is 23.9 Å². The molecule has 4 rings (SSSR count). The van der Waals surface area contributed by atoms with Crippen molar-refractivity contribution in [2.45, 2.75) is 16.5 Å². The molecule has 0 aliphatic rings. The normalized spacial score (nSPS) is 12.6. The minimum atomic E-state index is -0.293. The van der Waals surface area contributed by atoms with Crippen LogP contribution in [0.3, 0.4) is 0 Å². The zero-order chi connectivity index (χ0) is 16.5. The van der Waals surface area contributed by atoms with Crippen molar-refractivity contribution in [2.24, 2.45) is 0 Å². The molecular weight excluding hydrogens is 345 g/mol. The number of hydrogen-bond acceptors (Lipinski definition) is 6. The highest BCUT2D eigenvalue weighted by Gasteiger charge is 2.18. The molecule has 0 aliphatic heterocycles. The van der Waals surface area contributed by atoms with Crippen LogP contribution < -0.4 is 0 Å². The van der Waals surface area contributed by atoms with Crippen molar-refractivity contribution in [2.75, 3.05) is 0 Å². The lowest BCUT2D eigenvalue weighted by atomic mass is 10.2. The first-order valence-corrected chi connectivity index (χ1v) is 9.00. The van der Waals surface area contributed by atoms with Gasteiger partial charge < -0.3 is 4.42 Å². The van der Waals surface area contributed by atoms with Crippen molar-refractivity contribution in [3.05, 3.63) is 60.2 Å². The van der Waals surface area contributed by atoms with Crippen molar-refractivity contribution in [3.8, 4) is 11.5 Å². The number of para-hydroxylation sites is 1. The molecule has 0 saturated heterocycles. The summed E-state index contributed by atoms with van der Waals surface area (Å²) in [4.78, 5) is 4.60. The van der Waals surface area contributed by atoms with Crippen LogP contribution in [0, 0.1) is 5.82 Å². The fourth-order valence-electron chi connectivity index (χ4n) is 2.21. The van der Waals surface area contributed by atoms with Crippen LogP contribution in [0.2, 0.25) is 0 Å². The van der Waals surface area contributed by atoms with E-state index in [0.717, 1.165) is 14.6 Å². The highest BCUT2D eigenvalue weighted by Crippen LogP contribution is 2.38. The SMILES string of the molecule is C[C@H](Sc1nc2ccccc2s1)c1nnc(-c2ccc(F)cc2)o1. The molecule has 0 N–H and O–H groups in total. The predicted octanol–water partition coefficient (Wildman–Crippen LogP) is 5.34. The molecule has 7 heteroatoms. The predicted molar refractivity (Wildman–Crippen MR) is 93.6 cm³/mol. The van der Waals surface area contributed by atoms with Gasteiger partial charge in [-0.2, -0.15) is 0 Å². The number of fused-ring (bicyclic) bond motifs is 1. The highest BCUT2D eigenvalue weighted by atomic mass is 32.2. The Morgan fingerprint density at radius 3 is 2.67 bits per heavy atom. The summed E-state index contributed by atoms with van der Waals surface area (Å²) < 4.78 is 20.8. The van der Waals surface area contributed by atoms with Crippen LogP contribution in [0.25, 0.3) is 21.7 Å². The highest BCUT2D eigenvalue weighted by molar-refractivity contribution is 8.01. The van der Waals surface area contributed by atoms with Gasteiger partial charge in [0.15, 0.2) is 4.34 Å². The Labute approximate surface area is 145 Å². The monoisotopic (exact) mass is 357 g/mol. The Morgan fingerprint density at radius 1 is 1.08 bits per heavy atom. The van der Waals surface area contributed by atoms with E-state index in [-0.39, 0.29) is 11.1 Å². The molecule has 2 aromatic carbocycles. The van der Waals surface area contributed by atoms with E-state index in [1.165, 1.54) is 12.1 Å². The number of halogens is 1. The largest absolute Gasteiger partial charge is 0.419 e. The van der Waals surface area contributed by atoms with Crippen LogP contribution in [0.1, 0.15) is 18.1 Å². The van der Waals surface area contributed by atoms with Crippen LogP contribution in [-0.4, -0.2) is 15.2 Å². The number of hydrogen-bond donors (Lipinski definition) is 0. The summed E-state index contributed by atoms with van der Waals surface area (Å²) in [6.07, 6.45) is 0. The molecule has 0 aliphatic carbocycles. The van der Waals surface area contributed by atoms with E-state index in [2.05, 4.69) is 21.2 Å². The minimum Gasteiger partial charge on any atom is -0.419 e. The summed E-state index contributed by atoms with van der Waals surface area (Å²) in [5, 5.41) is 8.14. The average molecular weight is 357 g/mol. The Hall–Kier alpha value is -2.25. The first kappa shape index (κ1) is 15.3. The van der Waals surface area contributed by atoms with E-state index in [9.17, 15) is 4.39 Å². The Bertz CT molecular complexity index is 948. The van der Waals surface area contributed by atoms with Gasteiger partial charge in [-0.25, -0.2) is 9.37 Å². The number of aromatic nitrogens is 3. The van der Waals surface area contributed by atoms with Crippen molar-refractivity contribution in [1.29, 1.82) is 0 Å². The average Bonchev–Trinajstić information content (AvgIpc) is 3.21. The lowest BCUT2D eigenvalue weighted by molar-refractivity contribution is 0.509. The van der Waals surface area contributed by atoms with E-state index in [4.69, 9.17) is 4.42 Å². The third-order valence-corrected chi connectivity index (χ3v) is 5.65. The summed E-state index contributed by atoms with van der Waals surface area (Å²) in [6, 6.07) is 14.0. The summed E-state index contributed by atoms with van der Waals surface area (Å²) in [5.74, 6) is 0.624. The fourth-order valence-corrected chi connectivity index (χ4v) is 4.45. The molecule has 2 heterocycles. The van der Waals surface area contributed by atoms with Gasteiger partial charge in [0.25, 0.3) is 0 Å². The lowest BCUT2D eigenvalue weighted by Gasteiger charge is -2.02. The van der Waals surface area contributed by atoms with Crippen molar-refractivity contribution in [1.82, 2.24) is 15.2 Å². The van der Waals surface area contributed by atoms with Crippen molar-refractivity contribution >= 4 is 33.3 Å². The van der Waals surface area contributed by atoms with E-state index < -0.39 is 0 Å². The maximum atomic E-state index is 13.0. The fraction of sp³-hybridized carbons (Fsp3) is 0.118. The smallest absolute Gasteiger partial charge is 0.247 e. The molecule has 4 aromatic rings. The Kier molecular flexibility index (Phi) is 4.03. The number of thiazole rings is 1. The molecule has 120 valence electrons. The van der Waals surface area contributed by atoms with Crippen LogP contribution >= 0.6 is 23.1 Å². The first-order chi connectivity index (χ1) is 11.7. The van der Waals surface area contributed by atoms with E-state index >= 15 is 0 Å². The molecule has 0 fully saturated rings. The molecule has 2 aromatic heterocycles. The van der Waals surface area contributed by atoms with Gasteiger partial charge in [-0.15, -0.1) is 21.5 Å². The second kappa shape index (κ2) is 6.33. The lowest BCUT2D eigenvalue weighted by Crippen LogP contribution is -1.88. The van der Waals surface area contributed by atoms with Crippen molar-refractivity contribution < 1.29 is 8.81 Å². The zero-order valence-corrected chi connectivity index (χ0v) is 14.3. The molecule has 0 unspecified atom stereocenters. The number of nitrogens with zero attached hydrogens (tertiary/aromatic N) is 3. The molecule has 0 spiro atoms. The topological polar surface area (TPSA) is 51.8 Å². The quantitative estimate of drug-likeness (QED) is 0.462. The maximum absolute atomic E-state index is 13.0. The second-order valence-electron chi connectivity index (χ2n) is 5.16. The Balaban J connectivity index is 1.54. The summed E-state index contributed by atoms with van der Waals surface area (Å²) >= 11 is 3.23. The minimum absolute atomic E-state index is 0.0211. The van der Waals surface area contributed by atoms with Gasteiger partial charge in [0, 0.05) is 5.56 Å². The second-order valence-corrected chi connectivity index (χ2v) is 7.78. The zero-order valence-electron chi connectivity index (χ0n) is 12.6. The van der Waals surface area contributed by atoms with Crippen LogP contribution in [-0.2, 0) is 0 Å². The number of thioether (sulfide) groups is 1. The van der Waals surface area contributed by atoms with Crippen LogP contribution in [0.15, 0.2) is 57.3 Å². The first-order valence-electron chi connectivity index (χ1n) is 7.30. The molecule has 4 nitrogen and oxygen atoms in total. The van der Waals surface area contributed by atoms with E-state index in [0.29, 0.717) is 17.3 Å². The molecule has 0 bridgehead atoms. The van der Waals surface area contributed by atoms with Gasteiger partial charge in [0.05, 0.1) is 15.5 Å².